The van der Waals surface area contributed by atoms with Gasteiger partial charge in [-0.05, 0) is 23.6 Å². The van der Waals surface area contributed by atoms with E-state index in [0.717, 1.165) is 9.88 Å². The molecule has 116 valence electrons. The summed E-state index contributed by atoms with van der Waals surface area (Å²) in [6, 6.07) is 7.21. The van der Waals surface area contributed by atoms with E-state index < -0.39 is 5.91 Å². The van der Waals surface area contributed by atoms with Crippen molar-refractivity contribution in [2.75, 3.05) is 0 Å². The minimum atomic E-state index is -0.413. The molecular formula is C15H12N4O2S2. The van der Waals surface area contributed by atoms with E-state index in [1.165, 1.54) is 17.5 Å². The molecule has 3 rings (SSSR count). The molecule has 6 nitrogen and oxygen atoms in total. The molecule has 0 aliphatic heterocycles. The van der Waals surface area contributed by atoms with Crippen molar-refractivity contribution in [1.82, 2.24) is 20.8 Å². The van der Waals surface area contributed by atoms with E-state index in [4.69, 9.17) is 0 Å². The number of aromatic nitrogens is 2. The first-order valence-electron chi connectivity index (χ1n) is 6.70. The zero-order valence-electron chi connectivity index (χ0n) is 11.9. The third kappa shape index (κ3) is 3.99. The van der Waals surface area contributed by atoms with Gasteiger partial charge in [0.25, 0.3) is 5.91 Å². The summed E-state index contributed by atoms with van der Waals surface area (Å²) < 4.78 is 0. The van der Waals surface area contributed by atoms with Crippen molar-refractivity contribution < 1.29 is 9.59 Å². The minimum absolute atomic E-state index is 0.106. The summed E-state index contributed by atoms with van der Waals surface area (Å²) >= 11 is 3.10. The first-order valence-corrected chi connectivity index (χ1v) is 8.46. The fraction of sp³-hybridized carbons (Fsp3) is 0.0667. The van der Waals surface area contributed by atoms with E-state index in [2.05, 4.69) is 20.8 Å². The summed E-state index contributed by atoms with van der Waals surface area (Å²) in [5, 5.41) is 4.72. The van der Waals surface area contributed by atoms with Gasteiger partial charge in [-0.25, -0.2) is 4.98 Å². The lowest BCUT2D eigenvalue weighted by atomic mass is 10.3. The monoisotopic (exact) mass is 344 g/mol. The van der Waals surface area contributed by atoms with Gasteiger partial charge in [-0.1, -0.05) is 6.07 Å². The van der Waals surface area contributed by atoms with Gasteiger partial charge in [-0.15, -0.1) is 22.7 Å². The normalized spacial score (nSPS) is 10.3. The second kappa shape index (κ2) is 7.12. The van der Waals surface area contributed by atoms with Crippen LogP contribution < -0.4 is 10.9 Å². The molecule has 0 fully saturated rings. The van der Waals surface area contributed by atoms with E-state index in [0.29, 0.717) is 11.3 Å². The van der Waals surface area contributed by atoms with Crippen LogP contribution in [0.4, 0.5) is 0 Å². The Labute approximate surface area is 140 Å². The van der Waals surface area contributed by atoms with E-state index in [-0.39, 0.29) is 12.3 Å². The van der Waals surface area contributed by atoms with Gasteiger partial charge >= 0.3 is 0 Å². The molecule has 0 aliphatic rings. The molecule has 0 spiro atoms. The Morgan fingerprint density at radius 3 is 2.78 bits per heavy atom. The second-order valence-electron chi connectivity index (χ2n) is 4.54. The summed E-state index contributed by atoms with van der Waals surface area (Å²) in [5.74, 6) is -0.741. The number of hydrogen-bond acceptors (Lipinski definition) is 6. The number of nitrogens with zero attached hydrogens (tertiary/aromatic N) is 2. The van der Waals surface area contributed by atoms with Crippen molar-refractivity contribution >= 4 is 34.5 Å². The average molecular weight is 344 g/mol. The van der Waals surface area contributed by atoms with Gasteiger partial charge in [-0.3, -0.25) is 25.4 Å². The molecule has 3 heterocycles. The molecule has 0 bridgehead atoms. The fourth-order valence-electron chi connectivity index (χ4n) is 1.81. The van der Waals surface area contributed by atoms with Gasteiger partial charge in [0.05, 0.1) is 22.6 Å². The molecule has 0 atom stereocenters. The van der Waals surface area contributed by atoms with E-state index in [1.807, 2.05) is 22.9 Å². The molecule has 3 aromatic rings. The van der Waals surface area contributed by atoms with Crippen molar-refractivity contribution in [1.29, 1.82) is 0 Å². The van der Waals surface area contributed by atoms with Crippen LogP contribution in [-0.4, -0.2) is 21.8 Å². The van der Waals surface area contributed by atoms with Crippen molar-refractivity contribution in [3.63, 3.8) is 0 Å². The number of carbonyl (C=O) groups is 2. The second-order valence-corrected chi connectivity index (χ2v) is 6.35. The fourth-order valence-corrected chi connectivity index (χ4v) is 3.44. The Morgan fingerprint density at radius 1 is 1.13 bits per heavy atom. The summed E-state index contributed by atoms with van der Waals surface area (Å²) in [5.41, 5.74) is 5.78. The Kier molecular flexibility index (Phi) is 4.74. The number of amides is 2. The number of rotatable bonds is 4. The standard InChI is InChI=1S/C15H12N4O2S2/c20-13(18-19-14(21)10-3-1-5-16-8-10)7-11-9-23-15(17-11)12-4-2-6-22-12/h1-6,8-9H,7H2,(H,18,20)(H,19,21). The number of hydrazine groups is 1. The van der Waals surface area contributed by atoms with Crippen LogP contribution in [0.2, 0.25) is 0 Å². The van der Waals surface area contributed by atoms with Gasteiger partial charge in [0.15, 0.2) is 0 Å². The van der Waals surface area contributed by atoms with E-state index in [1.54, 1.807) is 29.7 Å². The topological polar surface area (TPSA) is 84.0 Å². The molecule has 0 aromatic carbocycles. The lowest BCUT2D eigenvalue weighted by Gasteiger charge is -2.06. The predicted octanol–water partition coefficient (Wildman–Crippen LogP) is 2.27. The van der Waals surface area contributed by atoms with E-state index >= 15 is 0 Å². The van der Waals surface area contributed by atoms with Crippen LogP contribution in [0.3, 0.4) is 0 Å². The molecule has 0 saturated heterocycles. The number of carbonyl (C=O) groups excluding carboxylic acids is 2. The van der Waals surface area contributed by atoms with Crippen LogP contribution >= 0.6 is 22.7 Å². The summed E-state index contributed by atoms with van der Waals surface area (Å²) in [6.45, 7) is 0. The first-order chi connectivity index (χ1) is 11.2. The molecule has 3 aromatic heterocycles. The molecule has 23 heavy (non-hydrogen) atoms. The Morgan fingerprint density at radius 2 is 2.04 bits per heavy atom. The summed E-state index contributed by atoms with van der Waals surface area (Å²) in [6.07, 6.45) is 3.10. The van der Waals surface area contributed by atoms with Crippen LogP contribution in [0.1, 0.15) is 16.1 Å². The van der Waals surface area contributed by atoms with Crippen LogP contribution in [0, 0.1) is 0 Å². The van der Waals surface area contributed by atoms with Crippen molar-refractivity contribution in [3.05, 3.63) is 58.7 Å². The highest BCUT2D eigenvalue weighted by atomic mass is 32.1. The zero-order chi connectivity index (χ0) is 16.1. The predicted molar refractivity (Wildman–Crippen MR) is 89.0 cm³/mol. The first kappa shape index (κ1) is 15.3. The number of hydrogen-bond donors (Lipinski definition) is 2. The Bertz CT molecular complexity index is 800. The largest absolute Gasteiger partial charge is 0.273 e. The molecule has 2 N–H and O–H groups in total. The molecule has 2 amide bonds. The Hall–Kier alpha value is -2.58. The summed E-state index contributed by atoms with van der Waals surface area (Å²) in [7, 11) is 0. The lowest BCUT2D eigenvalue weighted by Crippen LogP contribution is -2.42. The lowest BCUT2D eigenvalue weighted by molar-refractivity contribution is -0.121. The molecular weight excluding hydrogens is 332 g/mol. The SMILES string of the molecule is O=C(Cc1csc(-c2cccs2)n1)NNC(=O)c1cccnc1. The zero-order valence-corrected chi connectivity index (χ0v) is 13.5. The highest BCUT2D eigenvalue weighted by Crippen LogP contribution is 2.27. The molecule has 8 heteroatoms. The average Bonchev–Trinajstić information content (AvgIpc) is 3.24. The Balaban J connectivity index is 1.53. The molecule has 0 saturated carbocycles. The van der Waals surface area contributed by atoms with Crippen molar-refractivity contribution in [2.45, 2.75) is 6.42 Å². The number of nitrogens with one attached hydrogen (secondary N) is 2. The maximum Gasteiger partial charge on any atom is 0.271 e. The third-order valence-corrected chi connectivity index (χ3v) is 4.79. The van der Waals surface area contributed by atoms with Gasteiger partial charge in [0.1, 0.15) is 5.01 Å². The highest BCUT2D eigenvalue weighted by Gasteiger charge is 2.11. The van der Waals surface area contributed by atoms with Crippen LogP contribution in [0.15, 0.2) is 47.4 Å². The van der Waals surface area contributed by atoms with Crippen LogP contribution in [0.25, 0.3) is 9.88 Å². The number of pyridine rings is 1. The summed E-state index contributed by atoms with van der Waals surface area (Å²) in [4.78, 5) is 33.0. The van der Waals surface area contributed by atoms with Gasteiger partial charge in [0, 0.05) is 17.8 Å². The maximum absolute atomic E-state index is 11.9. The smallest absolute Gasteiger partial charge is 0.271 e. The molecule has 0 unspecified atom stereocenters. The van der Waals surface area contributed by atoms with E-state index in [9.17, 15) is 9.59 Å². The van der Waals surface area contributed by atoms with Crippen LogP contribution in [0.5, 0.6) is 0 Å². The quantitative estimate of drug-likeness (QED) is 0.711. The van der Waals surface area contributed by atoms with Gasteiger partial charge in [0.2, 0.25) is 5.91 Å². The third-order valence-electron chi connectivity index (χ3n) is 2.86. The highest BCUT2D eigenvalue weighted by molar-refractivity contribution is 7.20. The van der Waals surface area contributed by atoms with Crippen molar-refractivity contribution in [2.24, 2.45) is 0 Å². The molecule has 0 aliphatic carbocycles. The number of thiophene rings is 1. The number of thiazole rings is 1. The van der Waals surface area contributed by atoms with Crippen molar-refractivity contribution in [3.8, 4) is 9.88 Å². The minimum Gasteiger partial charge on any atom is -0.273 e. The molecule has 0 radical (unpaired) electrons. The van der Waals surface area contributed by atoms with Gasteiger partial charge < -0.3 is 0 Å². The van der Waals surface area contributed by atoms with Crippen LogP contribution in [-0.2, 0) is 11.2 Å². The van der Waals surface area contributed by atoms with Gasteiger partial charge in [-0.2, -0.15) is 0 Å². The maximum atomic E-state index is 11.9.